The van der Waals surface area contributed by atoms with Crippen LogP contribution in [0, 0.1) is 0 Å². The molecule has 0 aliphatic rings. The van der Waals surface area contributed by atoms with Crippen LogP contribution < -0.4 is 10.6 Å². The lowest BCUT2D eigenvalue weighted by Gasteiger charge is -2.10. The van der Waals surface area contributed by atoms with E-state index < -0.39 is 23.9 Å². The Morgan fingerprint density at radius 2 is 1.86 bits per heavy atom. The van der Waals surface area contributed by atoms with E-state index in [2.05, 4.69) is 31.3 Å². The van der Waals surface area contributed by atoms with Crippen molar-refractivity contribution in [3.8, 4) is 0 Å². The molecule has 2 amide bonds. The third-order valence-corrected chi connectivity index (χ3v) is 3.01. The summed E-state index contributed by atoms with van der Waals surface area (Å²) in [5.74, 6) is -1.76. The van der Waals surface area contributed by atoms with Gasteiger partial charge in [0, 0.05) is 10.0 Å². The molecule has 0 aromatic heterocycles. The van der Waals surface area contributed by atoms with Gasteiger partial charge in [-0.1, -0.05) is 15.9 Å². The molecule has 21 heavy (non-hydrogen) atoms. The van der Waals surface area contributed by atoms with E-state index >= 15 is 0 Å². The summed E-state index contributed by atoms with van der Waals surface area (Å²) in [4.78, 5) is 34.1. The molecule has 0 spiro atoms. The van der Waals surface area contributed by atoms with E-state index in [4.69, 9.17) is 0 Å². The van der Waals surface area contributed by atoms with Crippen LogP contribution in [0.1, 0.15) is 10.4 Å². The number of methoxy groups -OCH3 is 1. The highest BCUT2D eigenvalue weighted by atomic mass is 79.9. The van der Waals surface area contributed by atoms with Crippen LogP contribution in [0.2, 0.25) is 0 Å². The zero-order valence-electron chi connectivity index (χ0n) is 11.3. The number of carbonyl (C=O) groups is 3. The van der Waals surface area contributed by atoms with Gasteiger partial charge in [-0.3, -0.25) is 9.59 Å². The minimum absolute atomic E-state index is 0.261. The molecule has 1 atom stereocenters. The summed E-state index contributed by atoms with van der Waals surface area (Å²) < 4.78 is 5.14. The molecule has 1 aromatic rings. The normalized spacial score (nSPS) is 11.4. The van der Waals surface area contributed by atoms with Crippen LogP contribution in [0.4, 0.5) is 0 Å². The van der Waals surface area contributed by atoms with E-state index in [1.807, 2.05) is 0 Å². The third kappa shape index (κ3) is 5.92. The Morgan fingerprint density at radius 3 is 2.43 bits per heavy atom. The number of amides is 2. The molecule has 114 valence electrons. The summed E-state index contributed by atoms with van der Waals surface area (Å²) in [6.45, 7) is -0.539. The van der Waals surface area contributed by atoms with Gasteiger partial charge >= 0.3 is 5.97 Å². The van der Waals surface area contributed by atoms with Crippen molar-refractivity contribution in [3.63, 3.8) is 0 Å². The van der Waals surface area contributed by atoms with Gasteiger partial charge in [0.15, 0.2) is 6.10 Å². The lowest BCUT2D eigenvalue weighted by molar-refractivity contribution is -0.150. The lowest BCUT2D eigenvalue weighted by Crippen LogP contribution is -2.42. The van der Waals surface area contributed by atoms with E-state index in [0.29, 0.717) is 5.56 Å². The molecule has 0 radical (unpaired) electrons. The summed E-state index contributed by atoms with van der Waals surface area (Å²) >= 11 is 3.25. The van der Waals surface area contributed by atoms with Gasteiger partial charge in [-0.05, 0) is 24.3 Å². The second kappa shape index (κ2) is 8.38. The van der Waals surface area contributed by atoms with Crippen LogP contribution >= 0.6 is 15.9 Å². The van der Waals surface area contributed by atoms with Crippen molar-refractivity contribution in [2.24, 2.45) is 0 Å². The van der Waals surface area contributed by atoms with E-state index in [1.54, 1.807) is 24.3 Å². The summed E-state index contributed by atoms with van der Waals surface area (Å²) in [7, 11) is 1.13. The first kappa shape index (κ1) is 17.1. The summed E-state index contributed by atoms with van der Waals surface area (Å²) in [5, 5.41) is 14.0. The van der Waals surface area contributed by atoms with E-state index in [1.165, 1.54) is 0 Å². The number of nitrogens with one attached hydrogen (secondary N) is 2. The van der Waals surface area contributed by atoms with Gasteiger partial charge in [0.05, 0.1) is 20.2 Å². The number of hydrogen-bond donors (Lipinski definition) is 3. The van der Waals surface area contributed by atoms with Gasteiger partial charge in [0.1, 0.15) is 0 Å². The molecule has 0 aliphatic heterocycles. The zero-order chi connectivity index (χ0) is 15.8. The minimum Gasteiger partial charge on any atom is -0.467 e. The topological polar surface area (TPSA) is 105 Å². The standard InChI is InChI=1S/C13H15BrN2O5/c1-21-13(20)10(17)6-15-11(18)7-16-12(19)8-2-4-9(14)5-3-8/h2-5,10,17H,6-7H2,1H3,(H,15,18)(H,16,19). The number of aliphatic hydroxyl groups is 1. The fourth-order valence-electron chi connectivity index (χ4n) is 1.36. The fourth-order valence-corrected chi connectivity index (χ4v) is 1.62. The molecule has 1 rings (SSSR count). The number of esters is 1. The van der Waals surface area contributed by atoms with E-state index in [-0.39, 0.29) is 13.1 Å². The predicted molar refractivity (Wildman–Crippen MR) is 77.5 cm³/mol. The van der Waals surface area contributed by atoms with E-state index in [9.17, 15) is 19.5 Å². The van der Waals surface area contributed by atoms with Crippen LogP contribution in [-0.4, -0.2) is 49.2 Å². The number of hydrogen-bond acceptors (Lipinski definition) is 5. The number of aliphatic hydroxyl groups excluding tert-OH is 1. The molecular weight excluding hydrogens is 344 g/mol. The number of benzene rings is 1. The van der Waals surface area contributed by atoms with Crippen LogP contribution in [0.25, 0.3) is 0 Å². The summed E-state index contributed by atoms with van der Waals surface area (Å²) in [5.41, 5.74) is 0.417. The van der Waals surface area contributed by atoms with Crippen molar-refractivity contribution < 1.29 is 24.2 Å². The van der Waals surface area contributed by atoms with Gasteiger partial charge in [-0.2, -0.15) is 0 Å². The van der Waals surface area contributed by atoms with Crippen molar-refractivity contribution in [1.29, 1.82) is 0 Å². The molecule has 0 fully saturated rings. The maximum absolute atomic E-state index is 11.7. The second-order valence-electron chi connectivity index (χ2n) is 4.03. The van der Waals surface area contributed by atoms with Crippen molar-refractivity contribution in [2.75, 3.05) is 20.2 Å². The molecule has 0 saturated heterocycles. The molecule has 1 aromatic carbocycles. The van der Waals surface area contributed by atoms with Gasteiger partial charge < -0.3 is 20.5 Å². The first-order chi connectivity index (χ1) is 9.93. The quantitative estimate of drug-likeness (QED) is 0.612. The largest absolute Gasteiger partial charge is 0.467 e. The smallest absolute Gasteiger partial charge is 0.336 e. The number of rotatable bonds is 6. The molecule has 1 unspecified atom stereocenters. The molecule has 0 saturated carbocycles. The Kier molecular flexibility index (Phi) is 6.83. The highest BCUT2D eigenvalue weighted by Crippen LogP contribution is 2.10. The minimum atomic E-state index is -1.43. The van der Waals surface area contributed by atoms with Gasteiger partial charge in [0.2, 0.25) is 5.91 Å². The SMILES string of the molecule is COC(=O)C(O)CNC(=O)CNC(=O)c1ccc(Br)cc1. The Morgan fingerprint density at radius 1 is 1.24 bits per heavy atom. The van der Waals surface area contributed by atoms with Crippen LogP contribution in [0.5, 0.6) is 0 Å². The first-order valence-corrected chi connectivity index (χ1v) is 6.79. The predicted octanol–water partition coefficient (Wildman–Crippen LogP) is -0.171. The lowest BCUT2D eigenvalue weighted by atomic mass is 10.2. The van der Waals surface area contributed by atoms with Gasteiger partial charge in [-0.15, -0.1) is 0 Å². The molecular formula is C13H15BrN2O5. The fraction of sp³-hybridized carbons (Fsp3) is 0.308. The van der Waals surface area contributed by atoms with Crippen molar-refractivity contribution in [1.82, 2.24) is 10.6 Å². The molecule has 7 nitrogen and oxygen atoms in total. The summed E-state index contributed by atoms with van der Waals surface area (Å²) in [6.07, 6.45) is -1.43. The van der Waals surface area contributed by atoms with Gasteiger partial charge in [-0.25, -0.2) is 4.79 Å². The second-order valence-corrected chi connectivity index (χ2v) is 4.95. The monoisotopic (exact) mass is 358 g/mol. The Labute approximate surface area is 129 Å². The zero-order valence-corrected chi connectivity index (χ0v) is 12.8. The molecule has 3 N–H and O–H groups in total. The first-order valence-electron chi connectivity index (χ1n) is 6.00. The van der Waals surface area contributed by atoms with Gasteiger partial charge in [0.25, 0.3) is 5.91 Å². The highest BCUT2D eigenvalue weighted by Gasteiger charge is 2.16. The Balaban J connectivity index is 2.34. The molecule has 0 aliphatic carbocycles. The molecule has 0 heterocycles. The highest BCUT2D eigenvalue weighted by molar-refractivity contribution is 9.10. The Bertz CT molecular complexity index is 518. The molecule has 0 bridgehead atoms. The van der Waals surface area contributed by atoms with Crippen molar-refractivity contribution in [3.05, 3.63) is 34.3 Å². The summed E-state index contributed by atoms with van der Waals surface area (Å²) in [6, 6.07) is 6.64. The van der Waals surface area contributed by atoms with Crippen molar-refractivity contribution >= 4 is 33.7 Å². The number of carbonyl (C=O) groups excluding carboxylic acids is 3. The maximum Gasteiger partial charge on any atom is 0.336 e. The van der Waals surface area contributed by atoms with Crippen molar-refractivity contribution in [2.45, 2.75) is 6.10 Å². The van der Waals surface area contributed by atoms with Crippen LogP contribution in [0.15, 0.2) is 28.7 Å². The Hall–Kier alpha value is -1.93. The average Bonchev–Trinajstić information content (AvgIpc) is 2.49. The van der Waals surface area contributed by atoms with Crippen LogP contribution in [-0.2, 0) is 14.3 Å². The number of halogens is 1. The van der Waals surface area contributed by atoms with Crippen LogP contribution in [0.3, 0.4) is 0 Å². The maximum atomic E-state index is 11.7. The average molecular weight is 359 g/mol. The van der Waals surface area contributed by atoms with E-state index in [0.717, 1.165) is 11.6 Å². The number of ether oxygens (including phenoxy) is 1. The molecule has 8 heteroatoms. The third-order valence-electron chi connectivity index (χ3n) is 2.48.